The summed E-state index contributed by atoms with van der Waals surface area (Å²) in [7, 11) is 0. The predicted molar refractivity (Wildman–Crippen MR) is 102 cm³/mol. The molecular weight excluding hydrogens is 328 g/mol. The van der Waals surface area contributed by atoms with E-state index in [1.807, 2.05) is 36.4 Å². The lowest BCUT2D eigenvalue weighted by atomic mass is 10.2. The highest BCUT2D eigenvalue weighted by molar-refractivity contribution is 5.77. The fraction of sp³-hybridized carbons (Fsp3) is 0.429. The largest absolute Gasteiger partial charge is 0.493 e. The van der Waals surface area contributed by atoms with Crippen molar-refractivity contribution in [3.05, 3.63) is 54.4 Å². The summed E-state index contributed by atoms with van der Waals surface area (Å²) in [6, 6.07) is 11.2. The molecule has 1 aromatic heterocycles. The Morgan fingerprint density at radius 3 is 2.50 bits per heavy atom. The van der Waals surface area contributed by atoms with Crippen LogP contribution in [0.2, 0.25) is 0 Å². The van der Waals surface area contributed by atoms with E-state index >= 15 is 0 Å². The number of ether oxygens (including phenoxy) is 2. The molecule has 0 saturated carbocycles. The van der Waals surface area contributed by atoms with Crippen LogP contribution >= 0.6 is 0 Å². The molecule has 0 aliphatic rings. The zero-order valence-electron chi connectivity index (χ0n) is 15.4. The highest BCUT2D eigenvalue weighted by Crippen LogP contribution is 2.19. The Morgan fingerprint density at radius 1 is 1.00 bits per heavy atom. The number of hydrogen-bond acceptors (Lipinski definition) is 4. The van der Waals surface area contributed by atoms with E-state index in [2.05, 4.69) is 17.2 Å². The van der Waals surface area contributed by atoms with Gasteiger partial charge in [0.2, 0.25) is 0 Å². The van der Waals surface area contributed by atoms with Crippen molar-refractivity contribution in [1.82, 2.24) is 10.3 Å². The molecule has 5 heteroatoms. The van der Waals surface area contributed by atoms with Gasteiger partial charge < -0.3 is 14.8 Å². The third-order valence-corrected chi connectivity index (χ3v) is 3.93. The van der Waals surface area contributed by atoms with Crippen molar-refractivity contribution in [2.75, 3.05) is 13.2 Å². The van der Waals surface area contributed by atoms with Crippen LogP contribution in [0.1, 0.15) is 44.6 Å². The minimum Gasteiger partial charge on any atom is -0.493 e. The number of rotatable bonds is 12. The highest BCUT2D eigenvalue weighted by atomic mass is 16.5. The van der Waals surface area contributed by atoms with Gasteiger partial charge in [0, 0.05) is 25.0 Å². The molecule has 2 aromatic rings. The molecule has 140 valence electrons. The summed E-state index contributed by atoms with van der Waals surface area (Å²) in [5.74, 6) is 1.24. The maximum absolute atomic E-state index is 11.9. The summed E-state index contributed by atoms with van der Waals surface area (Å²) < 4.78 is 11.3. The fourth-order valence-corrected chi connectivity index (χ4v) is 2.45. The van der Waals surface area contributed by atoms with Gasteiger partial charge in [-0.1, -0.05) is 38.7 Å². The maximum Gasteiger partial charge on any atom is 0.258 e. The third kappa shape index (κ3) is 8.01. The first-order valence-corrected chi connectivity index (χ1v) is 9.29. The van der Waals surface area contributed by atoms with Gasteiger partial charge in [-0.25, -0.2) is 0 Å². The molecule has 0 bridgehead atoms. The SMILES string of the molecule is CCCCCCCOc1cccc(OCC(=O)NCc2ccncc2)c1. The van der Waals surface area contributed by atoms with Crippen molar-refractivity contribution in [2.45, 2.75) is 45.6 Å². The Kier molecular flexibility index (Phi) is 9.05. The average Bonchev–Trinajstić information content (AvgIpc) is 2.68. The minimum absolute atomic E-state index is 0.0223. The van der Waals surface area contributed by atoms with Gasteiger partial charge in [-0.3, -0.25) is 9.78 Å². The number of nitrogens with one attached hydrogen (secondary N) is 1. The van der Waals surface area contributed by atoms with Gasteiger partial charge in [0.15, 0.2) is 6.61 Å². The van der Waals surface area contributed by atoms with E-state index in [4.69, 9.17) is 9.47 Å². The molecule has 0 aliphatic heterocycles. The summed E-state index contributed by atoms with van der Waals surface area (Å²) in [6.07, 6.45) is 9.45. The van der Waals surface area contributed by atoms with Crippen molar-refractivity contribution in [3.8, 4) is 11.5 Å². The average molecular weight is 356 g/mol. The first-order chi connectivity index (χ1) is 12.8. The van der Waals surface area contributed by atoms with Crippen LogP contribution in [0.15, 0.2) is 48.8 Å². The summed E-state index contributed by atoms with van der Waals surface area (Å²) in [5.41, 5.74) is 1.00. The van der Waals surface area contributed by atoms with E-state index in [-0.39, 0.29) is 12.5 Å². The second kappa shape index (κ2) is 11.9. The van der Waals surface area contributed by atoms with Gasteiger partial charge in [-0.05, 0) is 36.2 Å². The van der Waals surface area contributed by atoms with E-state index < -0.39 is 0 Å². The highest BCUT2D eigenvalue weighted by Gasteiger charge is 2.04. The molecule has 0 fully saturated rings. The molecule has 0 aliphatic carbocycles. The van der Waals surface area contributed by atoms with E-state index in [9.17, 15) is 4.79 Å². The Labute approximate surface area is 155 Å². The molecule has 1 heterocycles. The van der Waals surface area contributed by atoms with Crippen LogP contribution in [0.3, 0.4) is 0 Å². The number of carbonyl (C=O) groups is 1. The number of amides is 1. The van der Waals surface area contributed by atoms with Crippen LogP contribution in [-0.4, -0.2) is 24.1 Å². The maximum atomic E-state index is 11.9. The van der Waals surface area contributed by atoms with Gasteiger partial charge in [0.1, 0.15) is 11.5 Å². The Morgan fingerprint density at radius 2 is 1.73 bits per heavy atom. The molecule has 0 atom stereocenters. The smallest absolute Gasteiger partial charge is 0.258 e. The van der Waals surface area contributed by atoms with Crippen molar-refractivity contribution in [1.29, 1.82) is 0 Å². The second-order valence-corrected chi connectivity index (χ2v) is 6.16. The zero-order valence-corrected chi connectivity index (χ0v) is 15.4. The molecular formula is C21H28N2O3. The van der Waals surface area contributed by atoms with Crippen molar-refractivity contribution < 1.29 is 14.3 Å². The van der Waals surface area contributed by atoms with E-state index in [1.54, 1.807) is 12.4 Å². The number of pyridine rings is 1. The number of unbranched alkanes of at least 4 members (excludes halogenated alkanes) is 4. The summed E-state index contributed by atoms with van der Waals surface area (Å²) in [6.45, 7) is 3.36. The molecule has 2 rings (SSSR count). The topological polar surface area (TPSA) is 60.5 Å². The molecule has 1 amide bonds. The number of benzene rings is 1. The van der Waals surface area contributed by atoms with Crippen molar-refractivity contribution in [2.24, 2.45) is 0 Å². The van der Waals surface area contributed by atoms with Gasteiger partial charge in [0.25, 0.3) is 5.91 Å². The molecule has 0 unspecified atom stereocenters. The summed E-state index contributed by atoms with van der Waals surface area (Å²) >= 11 is 0. The summed E-state index contributed by atoms with van der Waals surface area (Å²) in [5, 5.41) is 2.82. The van der Waals surface area contributed by atoms with E-state index in [0.29, 0.717) is 18.9 Å². The van der Waals surface area contributed by atoms with Crippen LogP contribution in [0.25, 0.3) is 0 Å². The standard InChI is InChI=1S/C21H28N2O3/c1-2-3-4-5-6-14-25-19-8-7-9-20(15-19)26-17-21(24)23-16-18-10-12-22-13-11-18/h7-13,15H,2-6,14,16-17H2,1H3,(H,23,24). The fourth-order valence-electron chi connectivity index (χ4n) is 2.45. The Hall–Kier alpha value is -2.56. The third-order valence-electron chi connectivity index (χ3n) is 3.93. The number of aromatic nitrogens is 1. The number of nitrogens with zero attached hydrogens (tertiary/aromatic N) is 1. The molecule has 1 aromatic carbocycles. The van der Waals surface area contributed by atoms with Gasteiger partial charge in [-0.2, -0.15) is 0 Å². The summed E-state index contributed by atoms with van der Waals surface area (Å²) in [4.78, 5) is 15.8. The van der Waals surface area contributed by atoms with Gasteiger partial charge in [0.05, 0.1) is 6.61 Å². The minimum atomic E-state index is -0.163. The lowest BCUT2D eigenvalue weighted by Crippen LogP contribution is -2.28. The van der Waals surface area contributed by atoms with Crippen LogP contribution < -0.4 is 14.8 Å². The lowest BCUT2D eigenvalue weighted by Gasteiger charge is -2.10. The van der Waals surface area contributed by atoms with Crippen molar-refractivity contribution >= 4 is 5.91 Å². The Bertz CT molecular complexity index is 647. The quantitative estimate of drug-likeness (QED) is 0.581. The molecule has 1 N–H and O–H groups in total. The molecule has 0 saturated heterocycles. The zero-order chi connectivity index (χ0) is 18.5. The normalized spacial score (nSPS) is 10.3. The van der Waals surface area contributed by atoms with Crippen LogP contribution in [-0.2, 0) is 11.3 Å². The van der Waals surface area contributed by atoms with E-state index in [0.717, 1.165) is 17.7 Å². The predicted octanol–water partition coefficient (Wildman–Crippen LogP) is 4.13. The van der Waals surface area contributed by atoms with Crippen LogP contribution in [0, 0.1) is 0 Å². The first-order valence-electron chi connectivity index (χ1n) is 9.29. The molecule has 26 heavy (non-hydrogen) atoms. The Balaban J connectivity index is 1.66. The van der Waals surface area contributed by atoms with E-state index in [1.165, 1.54) is 25.7 Å². The van der Waals surface area contributed by atoms with Crippen molar-refractivity contribution in [3.63, 3.8) is 0 Å². The lowest BCUT2D eigenvalue weighted by molar-refractivity contribution is -0.123. The molecule has 5 nitrogen and oxygen atoms in total. The number of hydrogen-bond donors (Lipinski definition) is 1. The monoisotopic (exact) mass is 356 g/mol. The number of carbonyl (C=O) groups excluding carboxylic acids is 1. The van der Waals surface area contributed by atoms with Gasteiger partial charge >= 0.3 is 0 Å². The molecule has 0 radical (unpaired) electrons. The second-order valence-electron chi connectivity index (χ2n) is 6.16. The van der Waals surface area contributed by atoms with Crippen LogP contribution in [0.4, 0.5) is 0 Å². The van der Waals surface area contributed by atoms with Gasteiger partial charge in [-0.15, -0.1) is 0 Å². The molecule has 0 spiro atoms. The first kappa shape index (κ1) is 19.8. The van der Waals surface area contributed by atoms with Crippen LogP contribution in [0.5, 0.6) is 11.5 Å².